The summed E-state index contributed by atoms with van der Waals surface area (Å²) in [5.41, 5.74) is 8.93. The number of carbonyl (C=O) groups excluding carboxylic acids is 1. The van der Waals surface area contributed by atoms with E-state index in [1.54, 1.807) is 6.20 Å². The van der Waals surface area contributed by atoms with Gasteiger partial charge in [-0.3, -0.25) is 19.5 Å². The minimum absolute atomic E-state index is 0.0863. The smallest absolute Gasteiger partial charge is 0.247 e. The van der Waals surface area contributed by atoms with Gasteiger partial charge in [-0.2, -0.15) is 0 Å². The molecule has 0 unspecified atom stereocenters. The molecular formula is C35H41N3O3. The van der Waals surface area contributed by atoms with Crippen molar-refractivity contribution in [2.45, 2.75) is 71.3 Å². The van der Waals surface area contributed by atoms with Crippen molar-refractivity contribution in [3.63, 3.8) is 0 Å². The Morgan fingerprint density at radius 3 is 2.54 bits per heavy atom. The molecule has 2 atom stereocenters. The van der Waals surface area contributed by atoms with Crippen molar-refractivity contribution in [2.24, 2.45) is 11.3 Å². The van der Waals surface area contributed by atoms with E-state index in [9.17, 15) is 14.7 Å². The number of aryl methyl sites for hydroxylation is 1. The average Bonchev–Trinajstić information content (AvgIpc) is 3.35. The molecule has 0 saturated carbocycles. The normalized spacial score (nSPS) is 19.7. The second kappa shape index (κ2) is 11.1. The van der Waals surface area contributed by atoms with E-state index in [-0.39, 0.29) is 28.8 Å². The van der Waals surface area contributed by atoms with Crippen molar-refractivity contribution < 1.29 is 9.90 Å². The molecule has 0 bridgehead atoms. The van der Waals surface area contributed by atoms with Crippen LogP contribution in [0.4, 0.5) is 0 Å². The highest BCUT2D eigenvalue weighted by molar-refractivity contribution is 6.02. The maximum absolute atomic E-state index is 13.7. The number of aromatic nitrogens is 2. The number of benzene rings is 1. The zero-order chi connectivity index (χ0) is 28.7. The molecular weight excluding hydrogens is 510 g/mol. The van der Waals surface area contributed by atoms with Gasteiger partial charge in [0.1, 0.15) is 0 Å². The number of nitrogens with one attached hydrogen (secondary N) is 1. The summed E-state index contributed by atoms with van der Waals surface area (Å²) in [7, 11) is 0. The van der Waals surface area contributed by atoms with Crippen LogP contribution >= 0.6 is 0 Å². The van der Waals surface area contributed by atoms with Gasteiger partial charge in [-0.15, -0.1) is 0 Å². The number of allylic oxidation sites excluding steroid dienone is 1. The van der Waals surface area contributed by atoms with Gasteiger partial charge in [-0.25, -0.2) is 0 Å². The first-order chi connectivity index (χ1) is 19.6. The number of pyridine rings is 2. The molecule has 1 aromatic carbocycles. The van der Waals surface area contributed by atoms with Crippen LogP contribution in [0.3, 0.4) is 0 Å². The van der Waals surface area contributed by atoms with E-state index in [2.05, 4.69) is 67.1 Å². The van der Waals surface area contributed by atoms with Crippen molar-refractivity contribution in [2.75, 3.05) is 19.6 Å². The maximum Gasteiger partial charge on any atom is 0.247 e. The third kappa shape index (κ3) is 6.14. The Morgan fingerprint density at radius 1 is 1.10 bits per heavy atom. The number of aromatic amines is 1. The van der Waals surface area contributed by atoms with Gasteiger partial charge in [0.2, 0.25) is 5.56 Å². The molecule has 2 aliphatic carbocycles. The molecule has 1 aliphatic heterocycles. The second-order valence-electron chi connectivity index (χ2n) is 13.4. The molecule has 6 nitrogen and oxygen atoms in total. The number of fused-ring (bicyclic) bond motifs is 2. The first-order valence-corrected chi connectivity index (χ1v) is 15.1. The fourth-order valence-electron chi connectivity index (χ4n) is 6.67. The van der Waals surface area contributed by atoms with Crippen molar-refractivity contribution in [1.29, 1.82) is 0 Å². The second-order valence-corrected chi connectivity index (χ2v) is 13.4. The lowest BCUT2D eigenvalue weighted by Gasteiger charge is -2.36. The van der Waals surface area contributed by atoms with E-state index in [0.717, 1.165) is 59.3 Å². The third-order valence-corrected chi connectivity index (χ3v) is 9.43. The Morgan fingerprint density at radius 2 is 1.85 bits per heavy atom. The standard InChI is InChI=1S/C35H41N3O3/c1-35(2,3)29-9-10-31-27(16-29)14-26-15-28(17-32(26)37-31)33(40)18-24(12-13-38-20-30(39)21-38)22-4-6-23(7-5-22)25-8-11-34(41)36-19-25/h4-8,11,14-15,19,24,29-30,39H,9-10,12-13,16-18,20-21H2,1-3H3,(H,36,41)/t24-,29-/m0/s1. The van der Waals surface area contributed by atoms with Crippen molar-refractivity contribution in [3.8, 4) is 11.1 Å². The van der Waals surface area contributed by atoms with Crippen LogP contribution in [-0.2, 0) is 24.1 Å². The molecule has 3 aliphatic rings. The lowest BCUT2D eigenvalue weighted by molar-refractivity contribution is -0.116. The number of aliphatic hydroxyl groups is 1. The van der Waals surface area contributed by atoms with Gasteiger partial charge >= 0.3 is 0 Å². The lowest BCUT2D eigenvalue weighted by atomic mass is 9.71. The summed E-state index contributed by atoms with van der Waals surface area (Å²) in [6.07, 6.45) is 8.80. The average molecular weight is 552 g/mol. The number of H-pyrrole nitrogens is 1. The summed E-state index contributed by atoms with van der Waals surface area (Å²) in [6, 6.07) is 14.0. The van der Waals surface area contributed by atoms with Gasteiger partial charge in [0, 0.05) is 49.5 Å². The number of aliphatic hydroxyl groups excluding tert-OH is 1. The molecule has 2 N–H and O–H groups in total. The summed E-state index contributed by atoms with van der Waals surface area (Å²) < 4.78 is 0. The van der Waals surface area contributed by atoms with Gasteiger partial charge in [-0.1, -0.05) is 45.0 Å². The van der Waals surface area contributed by atoms with E-state index < -0.39 is 0 Å². The molecule has 3 heterocycles. The summed E-state index contributed by atoms with van der Waals surface area (Å²) in [4.78, 5) is 35.2. The number of β-amino-alcohol motifs (C(OH)–C–C–N with tert-alkyl or cyclic N) is 1. The summed E-state index contributed by atoms with van der Waals surface area (Å²) in [6.45, 7) is 9.27. The van der Waals surface area contributed by atoms with E-state index in [4.69, 9.17) is 4.98 Å². The molecule has 3 aromatic rings. The summed E-state index contributed by atoms with van der Waals surface area (Å²) in [5, 5.41) is 9.73. The van der Waals surface area contributed by atoms with Gasteiger partial charge in [0.25, 0.3) is 0 Å². The molecule has 41 heavy (non-hydrogen) atoms. The van der Waals surface area contributed by atoms with Crippen LogP contribution in [0, 0.1) is 11.3 Å². The summed E-state index contributed by atoms with van der Waals surface area (Å²) in [5.74, 6) is 0.945. The fourth-order valence-corrected chi connectivity index (χ4v) is 6.67. The van der Waals surface area contributed by atoms with Crippen molar-refractivity contribution in [1.82, 2.24) is 14.9 Å². The van der Waals surface area contributed by atoms with Crippen LogP contribution < -0.4 is 5.56 Å². The molecule has 1 saturated heterocycles. The zero-order valence-corrected chi connectivity index (χ0v) is 24.5. The van der Waals surface area contributed by atoms with E-state index in [1.807, 2.05) is 6.07 Å². The highest BCUT2D eigenvalue weighted by Crippen LogP contribution is 2.39. The number of nitrogens with zero attached hydrogens (tertiary/aromatic N) is 2. The largest absolute Gasteiger partial charge is 0.390 e. The first kappa shape index (κ1) is 27.8. The molecule has 0 amide bonds. The van der Waals surface area contributed by atoms with Gasteiger partial charge in [0.05, 0.1) is 11.8 Å². The molecule has 0 spiro atoms. The van der Waals surface area contributed by atoms with Gasteiger partial charge in [-0.05, 0) is 95.5 Å². The number of ketones is 1. The van der Waals surface area contributed by atoms with Crippen LogP contribution in [0.1, 0.15) is 74.0 Å². The molecule has 0 radical (unpaired) electrons. The predicted molar refractivity (Wildman–Crippen MR) is 163 cm³/mol. The Bertz CT molecular complexity index is 1500. The minimum atomic E-state index is -0.231. The Hall–Kier alpha value is -3.35. The summed E-state index contributed by atoms with van der Waals surface area (Å²) >= 11 is 0. The van der Waals surface area contributed by atoms with Crippen LogP contribution in [0.15, 0.2) is 59.0 Å². The first-order valence-electron chi connectivity index (χ1n) is 15.1. The molecule has 1 fully saturated rings. The van der Waals surface area contributed by atoms with E-state index in [0.29, 0.717) is 31.8 Å². The highest BCUT2D eigenvalue weighted by atomic mass is 16.3. The SMILES string of the molecule is CC(C)(C)[C@H]1CCc2nc3c(cc2C1)C=C(C(=O)C[C@H](CCN1CC(O)C1)c1ccc(-c2ccc(=O)[nH]c2)cc1)C3. The van der Waals surface area contributed by atoms with Gasteiger partial charge < -0.3 is 10.1 Å². The topological polar surface area (TPSA) is 86.3 Å². The minimum Gasteiger partial charge on any atom is -0.390 e. The predicted octanol–water partition coefficient (Wildman–Crippen LogP) is 5.34. The van der Waals surface area contributed by atoms with Crippen LogP contribution in [-0.4, -0.2) is 51.5 Å². The highest BCUT2D eigenvalue weighted by Gasteiger charge is 2.32. The van der Waals surface area contributed by atoms with E-state index >= 15 is 0 Å². The van der Waals surface area contributed by atoms with Crippen LogP contribution in [0.25, 0.3) is 17.2 Å². The number of likely N-dealkylation sites (tertiary alicyclic amines) is 1. The Labute approximate surface area is 242 Å². The van der Waals surface area contributed by atoms with Crippen molar-refractivity contribution in [3.05, 3.63) is 92.7 Å². The fraction of sp³-hybridized carbons (Fsp3) is 0.457. The number of hydrogen-bond acceptors (Lipinski definition) is 5. The molecule has 6 heteroatoms. The lowest BCUT2D eigenvalue weighted by Crippen LogP contribution is -2.51. The monoisotopic (exact) mass is 551 g/mol. The number of Topliss-reactive ketones (excluding diaryl/α,β-unsaturated/α-hetero) is 1. The van der Waals surface area contributed by atoms with Crippen LogP contribution in [0.5, 0.6) is 0 Å². The maximum atomic E-state index is 13.7. The molecule has 214 valence electrons. The van der Waals surface area contributed by atoms with Gasteiger partial charge in [0.15, 0.2) is 5.78 Å². The number of rotatable bonds is 8. The Kier molecular flexibility index (Phi) is 7.56. The quantitative estimate of drug-likeness (QED) is 0.395. The number of carbonyl (C=O) groups is 1. The molecule has 2 aromatic heterocycles. The van der Waals surface area contributed by atoms with E-state index in [1.165, 1.54) is 23.7 Å². The molecule has 6 rings (SSSR count). The van der Waals surface area contributed by atoms with Crippen LogP contribution in [0.2, 0.25) is 0 Å². The zero-order valence-electron chi connectivity index (χ0n) is 24.5. The number of hydrogen-bond donors (Lipinski definition) is 2. The Balaban J connectivity index is 1.18. The third-order valence-electron chi connectivity index (χ3n) is 9.43. The van der Waals surface area contributed by atoms with Crippen molar-refractivity contribution >= 4 is 11.9 Å².